The summed E-state index contributed by atoms with van der Waals surface area (Å²) >= 11 is 0. The number of para-hydroxylation sites is 2. The monoisotopic (exact) mass is 301 g/mol. The SMILES string of the molecule is Cc1ccccc1NC(=O)/C(C#N)=C/c1c[nH]c2ccccc12. The van der Waals surface area contributed by atoms with Gasteiger partial charge in [-0.25, -0.2) is 0 Å². The molecule has 0 saturated carbocycles. The van der Waals surface area contributed by atoms with E-state index in [-0.39, 0.29) is 5.57 Å². The summed E-state index contributed by atoms with van der Waals surface area (Å²) < 4.78 is 0. The van der Waals surface area contributed by atoms with Gasteiger partial charge < -0.3 is 10.3 Å². The van der Waals surface area contributed by atoms with Crippen LogP contribution in [0.3, 0.4) is 0 Å². The fraction of sp³-hybridized carbons (Fsp3) is 0.0526. The highest BCUT2D eigenvalue weighted by molar-refractivity contribution is 6.11. The van der Waals surface area contributed by atoms with Crippen LogP contribution in [0.2, 0.25) is 0 Å². The lowest BCUT2D eigenvalue weighted by Crippen LogP contribution is -2.14. The van der Waals surface area contributed by atoms with Crippen molar-refractivity contribution in [2.75, 3.05) is 5.32 Å². The maximum absolute atomic E-state index is 12.3. The lowest BCUT2D eigenvalue weighted by Gasteiger charge is -2.07. The van der Waals surface area contributed by atoms with E-state index in [1.165, 1.54) is 0 Å². The molecule has 3 aromatic rings. The van der Waals surface area contributed by atoms with Gasteiger partial charge in [0.05, 0.1) is 0 Å². The van der Waals surface area contributed by atoms with Gasteiger partial charge >= 0.3 is 0 Å². The summed E-state index contributed by atoms with van der Waals surface area (Å²) in [6.45, 7) is 1.91. The maximum Gasteiger partial charge on any atom is 0.266 e. The summed E-state index contributed by atoms with van der Waals surface area (Å²) in [5.74, 6) is -0.410. The highest BCUT2D eigenvalue weighted by Gasteiger charge is 2.11. The van der Waals surface area contributed by atoms with Gasteiger partial charge in [-0.2, -0.15) is 5.26 Å². The van der Waals surface area contributed by atoms with E-state index in [1.54, 1.807) is 12.3 Å². The number of benzene rings is 2. The van der Waals surface area contributed by atoms with Gasteiger partial charge in [-0.3, -0.25) is 4.79 Å². The van der Waals surface area contributed by atoms with E-state index in [2.05, 4.69) is 10.3 Å². The predicted octanol–water partition coefficient (Wildman–Crippen LogP) is 4.02. The van der Waals surface area contributed by atoms with Gasteiger partial charge in [0, 0.05) is 28.4 Å². The number of aromatic nitrogens is 1. The molecule has 3 rings (SSSR count). The Bertz CT molecular complexity index is 944. The zero-order chi connectivity index (χ0) is 16.2. The van der Waals surface area contributed by atoms with E-state index in [4.69, 9.17) is 0 Å². The molecule has 112 valence electrons. The fourth-order valence-corrected chi connectivity index (χ4v) is 2.42. The quantitative estimate of drug-likeness (QED) is 0.566. The van der Waals surface area contributed by atoms with Gasteiger partial charge in [0.1, 0.15) is 11.6 Å². The number of hydrogen-bond acceptors (Lipinski definition) is 2. The largest absolute Gasteiger partial charge is 0.361 e. The molecule has 0 fully saturated rings. The number of nitrogens with one attached hydrogen (secondary N) is 2. The second-order valence-corrected chi connectivity index (χ2v) is 5.23. The third-order valence-electron chi connectivity index (χ3n) is 3.68. The summed E-state index contributed by atoms with van der Waals surface area (Å²) in [5.41, 5.74) is 3.51. The molecule has 0 unspecified atom stereocenters. The third-order valence-corrected chi connectivity index (χ3v) is 3.68. The van der Waals surface area contributed by atoms with Crippen LogP contribution in [0.5, 0.6) is 0 Å². The van der Waals surface area contributed by atoms with Crippen molar-refractivity contribution in [2.45, 2.75) is 6.92 Å². The highest BCUT2D eigenvalue weighted by atomic mass is 16.1. The van der Waals surface area contributed by atoms with E-state index >= 15 is 0 Å². The van der Waals surface area contributed by atoms with Crippen molar-refractivity contribution in [1.82, 2.24) is 4.98 Å². The molecule has 0 aliphatic carbocycles. The standard InChI is InChI=1S/C19H15N3O/c1-13-6-2-4-8-17(13)22-19(23)14(11-20)10-15-12-21-18-9-5-3-7-16(15)18/h2-10,12,21H,1H3,(H,22,23)/b14-10+. The van der Waals surface area contributed by atoms with Gasteiger partial charge in [-0.05, 0) is 30.7 Å². The lowest BCUT2D eigenvalue weighted by atomic mass is 10.1. The third kappa shape index (κ3) is 2.99. The Labute approximate surface area is 134 Å². The van der Waals surface area contributed by atoms with Crippen LogP contribution in [0.25, 0.3) is 17.0 Å². The van der Waals surface area contributed by atoms with Gasteiger partial charge in [-0.15, -0.1) is 0 Å². The molecule has 4 heteroatoms. The molecule has 2 aromatic carbocycles. The Balaban J connectivity index is 1.92. The summed E-state index contributed by atoms with van der Waals surface area (Å²) in [5, 5.41) is 13.1. The summed E-state index contributed by atoms with van der Waals surface area (Å²) in [6, 6.07) is 17.2. The highest BCUT2D eigenvalue weighted by Crippen LogP contribution is 2.21. The van der Waals surface area contributed by atoms with Crippen LogP contribution in [-0.4, -0.2) is 10.9 Å². The van der Waals surface area contributed by atoms with Crippen LogP contribution in [0, 0.1) is 18.3 Å². The average molecular weight is 301 g/mol. The van der Waals surface area contributed by atoms with Crippen molar-refractivity contribution < 1.29 is 4.79 Å². The van der Waals surface area contributed by atoms with E-state index in [9.17, 15) is 10.1 Å². The van der Waals surface area contributed by atoms with E-state index in [0.29, 0.717) is 5.69 Å². The summed E-state index contributed by atoms with van der Waals surface area (Å²) in [7, 11) is 0. The van der Waals surface area contributed by atoms with Gasteiger partial charge in [0.25, 0.3) is 5.91 Å². The van der Waals surface area contributed by atoms with Gasteiger partial charge in [-0.1, -0.05) is 36.4 Å². The number of amides is 1. The molecular formula is C19H15N3O. The Hall–Kier alpha value is -3.32. The van der Waals surface area contributed by atoms with Crippen molar-refractivity contribution in [3.63, 3.8) is 0 Å². The molecular weight excluding hydrogens is 286 g/mol. The number of nitrogens with zero attached hydrogens (tertiary/aromatic N) is 1. The van der Waals surface area contributed by atoms with Crippen LogP contribution in [0.4, 0.5) is 5.69 Å². The van der Waals surface area contributed by atoms with Crippen LogP contribution in [0.15, 0.2) is 60.3 Å². The van der Waals surface area contributed by atoms with E-state index < -0.39 is 5.91 Å². The van der Waals surface area contributed by atoms with Gasteiger partial charge in [0.2, 0.25) is 0 Å². The van der Waals surface area contributed by atoms with Crippen molar-refractivity contribution >= 4 is 28.6 Å². The van der Waals surface area contributed by atoms with E-state index in [0.717, 1.165) is 22.0 Å². The van der Waals surface area contributed by atoms with Crippen LogP contribution in [-0.2, 0) is 4.79 Å². The number of carbonyl (C=O) groups is 1. The number of fused-ring (bicyclic) bond motifs is 1. The van der Waals surface area contributed by atoms with Crippen molar-refractivity contribution in [2.24, 2.45) is 0 Å². The molecule has 0 radical (unpaired) electrons. The zero-order valence-corrected chi connectivity index (χ0v) is 12.6. The Morgan fingerprint density at radius 1 is 1.17 bits per heavy atom. The smallest absolute Gasteiger partial charge is 0.266 e. The average Bonchev–Trinajstić information content (AvgIpc) is 2.97. The minimum atomic E-state index is -0.410. The van der Waals surface area contributed by atoms with Gasteiger partial charge in [0.15, 0.2) is 0 Å². The van der Waals surface area contributed by atoms with Crippen molar-refractivity contribution in [3.8, 4) is 6.07 Å². The first-order chi connectivity index (χ1) is 11.2. The molecule has 1 amide bonds. The molecule has 1 aromatic heterocycles. The first-order valence-electron chi connectivity index (χ1n) is 7.24. The summed E-state index contributed by atoms with van der Waals surface area (Å²) in [4.78, 5) is 15.5. The lowest BCUT2D eigenvalue weighted by molar-refractivity contribution is -0.112. The number of carbonyl (C=O) groups excluding carboxylic acids is 1. The van der Waals surface area contributed by atoms with Crippen molar-refractivity contribution in [3.05, 3.63) is 71.4 Å². The Morgan fingerprint density at radius 2 is 1.91 bits per heavy atom. The molecule has 0 aliphatic heterocycles. The topological polar surface area (TPSA) is 68.7 Å². The molecule has 0 atom stereocenters. The molecule has 4 nitrogen and oxygen atoms in total. The first-order valence-corrected chi connectivity index (χ1v) is 7.24. The molecule has 0 spiro atoms. The number of rotatable bonds is 3. The molecule has 0 aliphatic rings. The minimum Gasteiger partial charge on any atom is -0.361 e. The number of nitriles is 1. The summed E-state index contributed by atoms with van der Waals surface area (Å²) in [6.07, 6.45) is 3.40. The van der Waals surface area contributed by atoms with Crippen LogP contribution in [0.1, 0.15) is 11.1 Å². The Morgan fingerprint density at radius 3 is 2.70 bits per heavy atom. The maximum atomic E-state index is 12.3. The molecule has 23 heavy (non-hydrogen) atoms. The normalized spacial score (nSPS) is 11.2. The number of hydrogen-bond donors (Lipinski definition) is 2. The van der Waals surface area contributed by atoms with Crippen LogP contribution >= 0.6 is 0 Å². The molecule has 2 N–H and O–H groups in total. The fourth-order valence-electron chi connectivity index (χ4n) is 2.42. The number of H-pyrrole nitrogens is 1. The molecule has 1 heterocycles. The number of aromatic amines is 1. The molecule has 0 saturated heterocycles. The second kappa shape index (κ2) is 6.20. The first kappa shape index (κ1) is 14.6. The zero-order valence-electron chi connectivity index (χ0n) is 12.6. The predicted molar refractivity (Wildman–Crippen MR) is 91.7 cm³/mol. The number of aryl methyl sites for hydroxylation is 1. The van der Waals surface area contributed by atoms with E-state index in [1.807, 2.05) is 61.5 Å². The van der Waals surface area contributed by atoms with Crippen molar-refractivity contribution in [1.29, 1.82) is 5.26 Å². The Kier molecular flexibility index (Phi) is 3.94. The molecule has 0 bridgehead atoms. The van der Waals surface area contributed by atoms with Crippen LogP contribution < -0.4 is 5.32 Å². The number of anilines is 1. The minimum absolute atomic E-state index is 0.0676. The second-order valence-electron chi connectivity index (χ2n) is 5.23.